The standard InChI is InChI=1S/C21H18OS/c1-21(23)18-13-16(22)11-12-17(18)19(14-7-3-2-4-8-14)20(21)15-9-5-6-10-15/h2-9,11-13,22-23H,10H2,1H3. The van der Waals surface area contributed by atoms with Crippen LogP contribution in [0.15, 0.2) is 77.9 Å². The summed E-state index contributed by atoms with van der Waals surface area (Å²) < 4.78 is -0.420. The van der Waals surface area contributed by atoms with Gasteiger partial charge in [0.15, 0.2) is 0 Å². The second kappa shape index (κ2) is 5.17. The Hall–Kier alpha value is -2.19. The molecule has 114 valence electrons. The fourth-order valence-electron chi connectivity index (χ4n) is 3.68. The second-order valence-electron chi connectivity index (χ2n) is 6.24. The van der Waals surface area contributed by atoms with Crippen molar-refractivity contribution in [3.63, 3.8) is 0 Å². The van der Waals surface area contributed by atoms with Crippen molar-refractivity contribution >= 4 is 18.2 Å². The van der Waals surface area contributed by atoms with Crippen LogP contribution in [0, 0.1) is 0 Å². The van der Waals surface area contributed by atoms with Gasteiger partial charge in [0.05, 0.1) is 4.75 Å². The molecule has 2 aliphatic carbocycles. The number of hydrogen-bond donors (Lipinski definition) is 2. The summed E-state index contributed by atoms with van der Waals surface area (Å²) in [6, 6.07) is 16.1. The largest absolute Gasteiger partial charge is 0.508 e. The summed E-state index contributed by atoms with van der Waals surface area (Å²) in [6.07, 6.45) is 7.39. The molecular formula is C21H18OS. The molecule has 23 heavy (non-hydrogen) atoms. The molecule has 4 rings (SSSR count). The Morgan fingerprint density at radius 1 is 1.09 bits per heavy atom. The maximum Gasteiger partial charge on any atom is 0.115 e. The fourth-order valence-corrected chi connectivity index (χ4v) is 4.12. The van der Waals surface area contributed by atoms with Crippen LogP contribution in [0.3, 0.4) is 0 Å². The second-order valence-corrected chi connectivity index (χ2v) is 7.14. The van der Waals surface area contributed by atoms with Crippen molar-refractivity contribution in [2.45, 2.75) is 18.1 Å². The van der Waals surface area contributed by atoms with Crippen molar-refractivity contribution in [3.8, 4) is 5.75 Å². The lowest BCUT2D eigenvalue weighted by molar-refractivity contribution is 0.474. The summed E-state index contributed by atoms with van der Waals surface area (Å²) >= 11 is 5.02. The van der Waals surface area contributed by atoms with Gasteiger partial charge in [-0.2, -0.15) is 12.6 Å². The maximum atomic E-state index is 9.96. The molecule has 0 saturated carbocycles. The van der Waals surface area contributed by atoms with Crippen molar-refractivity contribution in [3.05, 3.63) is 94.6 Å². The average molecular weight is 318 g/mol. The first-order chi connectivity index (χ1) is 11.1. The van der Waals surface area contributed by atoms with Gasteiger partial charge in [-0.1, -0.05) is 54.6 Å². The number of phenols is 1. The molecule has 0 radical (unpaired) electrons. The molecule has 0 heterocycles. The quantitative estimate of drug-likeness (QED) is 0.726. The highest BCUT2D eigenvalue weighted by Crippen LogP contribution is 2.55. The first-order valence-electron chi connectivity index (χ1n) is 7.81. The van der Waals surface area contributed by atoms with E-state index < -0.39 is 4.75 Å². The third kappa shape index (κ3) is 2.17. The molecule has 0 aliphatic heterocycles. The van der Waals surface area contributed by atoms with E-state index in [0.29, 0.717) is 0 Å². The van der Waals surface area contributed by atoms with E-state index in [1.54, 1.807) is 6.07 Å². The van der Waals surface area contributed by atoms with E-state index in [1.165, 1.54) is 22.3 Å². The van der Waals surface area contributed by atoms with Crippen LogP contribution in [0.5, 0.6) is 5.75 Å². The van der Waals surface area contributed by atoms with E-state index in [4.69, 9.17) is 12.6 Å². The van der Waals surface area contributed by atoms with Crippen LogP contribution in [0.2, 0.25) is 0 Å². The molecule has 0 aromatic heterocycles. The molecule has 2 aliphatic rings. The van der Waals surface area contributed by atoms with Crippen molar-refractivity contribution in [2.75, 3.05) is 0 Å². The first-order valence-corrected chi connectivity index (χ1v) is 8.26. The van der Waals surface area contributed by atoms with E-state index in [9.17, 15) is 5.11 Å². The van der Waals surface area contributed by atoms with Crippen molar-refractivity contribution in [2.24, 2.45) is 0 Å². The van der Waals surface area contributed by atoms with E-state index in [2.05, 4.69) is 49.4 Å². The predicted octanol–water partition coefficient (Wildman–Crippen LogP) is 5.24. The molecule has 0 amide bonds. The number of aromatic hydroxyl groups is 1. The lowest BCUT2D eigenvalue weighted by atomic mass is 9.89. The molecule has 1 N–H and O–H groups in total. The molecule has 1 unspecified atom stereocenters. The minimum atomic E-state index is -0.420. The van der Waals surface area contributed by atoms with Gasteiger partial charge in [0.2, 0.25) is 0 Å². The van der Waals surface area contributed by atoms with Gasteiger partial charge in [-0.25, -0.2) is 0 Å². The van der Waals surface area contributed by atoms with Crippen LogP contribution in [-0.4, -0.2) is 5.11 Å². The van der Waals surface area contributed by atoms with E-state index in [-0.39, 0.29) is 5.75 Å². The summed E-state index contributed by atoms with van der Waals surface area (Å²) in [5, 5.41) is 9.96. The highest BCUT2D eigenvalue weighted by atomic mass is 32.1. The number of phenolic OH excluding ortho intramolecular Hbond substituents is 1. The Morgan fingerprint density at radius 2 is 1.87 bits per heavy atom. The molecule has 1 atom stereocenters. The normalized spacial score (nSPS) is 22.4. The van der Waals surface area contributed by atoms with Gasteiger partial charge in [-0.3, -0.25) is 0 Å². The highest BCUT2D eigenvalue weighted by Gasteiger charge is 2.40. The topological polar surface area (TPSA) is 20.2 Å². The Labute approximate surface area is 142 Å². The van der Waals surface area contributed by atoms with Gasteiger partial charge in [-0.05, 0) is 58.9 Å². The Balaban J connectivity index is 2.04. The highest BCUT2D eigenvalue weighted by molar-refractivity contribution is 7.81. The molecule has 0 bridgehead atoms. The van der Waals surface area contributed by atoms with Crippen LogP contribution in [-0.2, 0) is 4.75 Å². The molecule has 2 heteroatoms. The van der Waals surface area contributed by atoms with Gasteiger partial charge in [0.1, 0.15) is 5.75 Å². The lowest BCUT2D eigenvalue weighted by Crippen LogP contribution is -2.15. The Bertz CT molecular complexity index is 870. The molecule has 0 spiro atoms. The molecule has 1 nitrogen and oxygen atoms in total. The Morgan fingerprint density at radius 3 is 2.57 bits per heavy atom. The minimum absolute atomic E-state index is 0.288. The summed E-state index contributed by atoms with van der Waals surface area (Å²) in [5.74, 6) is 0.288. The minimum Gasteiger partial charge on any atom is -0.508 e. The van der Waals surface area contributed by atoms with Gasteiger partial charge in [0, 0.05) is 0 Å². The Kier molecular flexibility index (Phi) is 3.24. The molecule has 2 aromatic rings. The zero-order valence-corrected chi connectivity index (χ0v) is 13.8. The molecular weight excluding hydrogens is 300 g/mol. The molecule has 0 fully saturated rings. The molecule has 0 saturated heterocycles. The monoisotopic (exact) mass is 318 g/mol. The van der Waals surface area contributed by atoms with Crippen LogP contribution in [0.4, 0.5) is 0 Å². The summed E-state index contributed by atoms with van der Waals surface area (Å²) in [5.41, 5.74) is 7.21. The van der Waals surface area contributed by atoms with Gasteiger partial charge in [-0.15, -0.1) is 0 Å². The number of allylic oxidation sites excluding steroid dienone is 4. The van der Waals surface area contributed by atoms with Crippen molar-refractivity contribution in [1.29, 1.82) is 0 Å². The van der Waals surface area contributed by atoms with Gasteiger partial charge in [0.25, 0.3) is 0 Å². The SMILES string of the molecule is CC1(S)C(C2=CC=CC2)=C(c2ccccc2)c2ccc(O)cc21. The van der Waals surface area contributed by atoms with Gasteiger partial charge < -0.3 is 5.11 Å². The summed E-state index contributed by atoms with van der Waals surface area (Å²) in [6.45, 7) is 2.12. The third-order valence-electron chi connectivity index (χ3n) is 4.69. The summed E-state index contributed by atoms with van der Waals surface area (Å²) in [4.78, 5) is 0. The van der Waals surface area contributed by atoms with E-state index in [1.807, 2.05) is 18.2 Å². The average Bonchev–Trinajstić information content (AvgIpc) is 3.13. The van der Waals surface area contributed by atoms with Crippen LogP contribution < -0.4 is 0 Å². The van der Waals surface area contributed by atoms with Crippen LogP contribution in [0.25, 0.3) is 5.57 Å². The number of fused-ring (bicyclic) bond motifs is 1. The van der Waals surface area contributed by atoms with Crippen LogP contribution in [0.1, 0.15) is 30.0 Å². The third-order valence-corrected chi connectivity index (χ3v) is 5.15. The smallest absolute Gasteiger partial charge is 0.115 e. The number of rotatable bonds is 2. The fraction of sp³-hybridized carbons (Fsp3) is 0.143. The zero-order valence-electron chi connectivity index (χ0n) is 13.0. The maximum absolute atomic E-state index is 9.96. The first kappa shape index (κ1) is 14.4. The van der Waals surface area contributed by atoms with Crippen molar-refractivity contribution in [1.82, 2.24) is 0 Å². The number of benzene rings is 2. The number of hydrogen-bond acceptors (Lipinski definition) is 2. The van der Waals surface area contributed by atoms with E-state index >= 15 is 0 Å². The molecule has 2 aromatic carbocycles. The van der Waals surface area contributed by atoms with E-state index in [0.717, 1.165) is 17.5 Å². The summed E-state index contributed by atoms with van der Waals surface area (Å²) in [7, 11) is 0. The van der Waals surface area contributed by atoms with Gasteiger partial charge >= 0.3 is 0 Å². The van der Waals surface area contributed by atoms with Crippen LogP contribution >= 0.6 is 12.6 Å². The van der Waals surface area contributed by atoms with Crippen molar-refractivity contribution < 1.29 is 5.11 Å². The predicted molar refractivity (Wildman–Crippen MR) is 98.7 cm³/mol. The zero-order chi connectivity index (χ0) is 16.0. The lowest BCUT2D eigenvalue weighted by Gasteiger charge is -2.25. The number of thiol groups is 1.